The van der Waals surface area contributed by atoms with E-state index in [0.717, 1.165) is 5.56 Å². The summed E-state index contributed by atoms with van der Waals surface area (Å²) in [5.41, 5.74) is 1.55. The molecule has 209 valence electrons. The number of hydrogen-bond donors (Lipinski definition) is 4. The van der Waals surface area contributed by atoms with Crippen molar-refractivity contribution in [2.75, 3.05) is 14.2 Å². The van der Waals surface area contributed by atoms with E-state index in [4.69, 9.17) is 9.47 Å². The maximum absolute atomic E-state index is 13.3. The lowest BCUT2D eigenvalue weighted by molar-refractivity contribution is -0.140. The lowest BCUT2D eigenvalue weighted by atomic mass is 10.0. The van der Waals surface area contributed by atoms with Gasteiger partial charge < -0.3 is 30.7 Å². The van der Waals surface area contributed by atoms with Gasteiger partial charge in [0.15, 0.2) is 0 Å². The Kier molecular flexibility index (Phi) is 12.0. The van der Waals surface area contributed by atoms with Crippen molar-refractivity contribution in [3.63, 3.8) is 0 Å². The second-order valence-corrected chi connectivity index (χ2v) is 10.3. The number of methoxy groups -OCH3 is 2. The van der Waals surface area contributed by atoms with Crippen molar-refractivity contribution in [1.29, 1.82) is 0 Å². The number of ketones is 1. The second-order valence-electron chi connectivity index (χ2n) is 9.46. The number of amides is 4. The summed E-state index contributed by atoms with van der Waals surface area (Å²) in [5.74, 6) is -1.18. The van der Waals surface area contributed by atoms with Gasteiger partial charge in [-0.1, -0.05) is 51.1 Å². The number of nitrogens with one attached hydrogen (secondary N) is 4. The summed E-state index contributed by atoms with van der Waals surface area (Å²) in [6, 6.07) is 12.8. The summed E-state index contributed by atoms with van der Waals surface area (Å²) >= 11 is 0. The number of rotatable bonds is 14. The molecule has 0 heterocycles. The van der Waals surface area contributed by atoms with Crippen LogP contribution in [0.5, 0.6) is 11.5 Å². The number of Topliss-reactive ketones (excluding diaryl/α,β-unsaturated/α-hetero) is 1. The van der Waals surface area contributed by atoms with Crippen molar-refractivity contribution >= 4 is 33.9 Å². The van der Waals surface area contributed by atoms with Gasteiger partial charge in [0.1, 0.15) is 16.7 Å². The summed E-state index contributed by atoms with van der Waals surface area (Å²) < 4.78 is 10.5. The Labute approximate surface area is 233 Å². The van der Waals surface area contributed by atoms with Crippen LogP contribution in [0.2, 0.25) is 0 Å². The molecule has 2 aromatic rings. The molecule has 2 atom stereocenters. The van der Waals surface area contributed by atoms with E-state index in [-0.39, 0.29) is 31.8 Å². The van der Waals surface area contributed by atoms with Crippen LogP contribution < -0.4 is 30.7 Å². The summed E-state index contributed by atoms with van der Waals surface area (Å²) in [7, 11) is 6.48. The van der Waals surface area contributed by atoms with E-state index in [9.17, 15) is 19.2 Å². The molecule has 1 unspecified atom stereocenters. The van der Waals surface area contributed by atoms with Crippen molar-refractivity contribution in [1.82, 2.24) is 21.3 Å². The zero-order chi connectivity index (χ0) is 29.0. The van der Waals surface area contributed by atoms with Crippen LogP contribution in [0.3, 0.4) is 0 Å². The maximum atomic E-state index is 13.3. The lowest BCUT2D eigenvalue weighted by Gasteiger charge is -2.32. The zero-order valence-corrected chi connectivity index (χ0v) is 24.1. The molecule has 4 N–H and O–H groups in total. The maximum Gasteiger partial charge on any atom is 0.315 e. The van der Waals surface area contributed by atoms with Gasteiger partial charge in [0, 0.05) is 24.7 Å². The van der Waals surface area contributed by atoms with Gasteiger partial charge in [-0.3, -0.25) is 14.4 Å². The molecule has 3 radical (unpaired) electrons. The summed E-state index contributed by atoms with van der Waals surface area (Å²) in [5, 5.41) is 9.11. The average molecular weight is 554 g/mol. The molecule has 0 saturated heterocycles. The number of carbonyl (C=O) groups excluding carboxylic acids is 4. The third-order valence-corrected chi connectivity index (χ3v) is 6.47. The van der Waals surface area contributed by atoms with Gasteiger partial charge in [0.05, 0.1) is 30.5 Å². The van der Waals surface area contributed by atoms with Crippen LogP contribution in [-0.2, 0) is 27.5 Å². The number of ether oxygens (including phenoxy) is 2. The molecule has 4 amide bonds. The molecule has 2 rings (SSSR count). The van der Waals surface area contributed by atoms with Crippen molar-refractivity contribution in [3.8, 4) is 11.5 Å². The van der Waals surface area contributed by atoms with Crippen molar-refractivity contribution < 1.29 is 28.7 Å². The topological polar surface area (TPSA) is 135 Å². The van der Waals surface area contributed by atoms with E-state index in [1.165, 1.54) is 14.2 Å². The normalized spacial score (nSPS) is 13.0. The molecule has 0 aliphatic rings. The highest BCUT2D eigenvalue weighted by molar-refractivity contribution is 6.39. The highest BCUT2D eigenvalue weighted by Crippen LogP contribution is 2.24. The quantitative estimate of drug-likeness (QED) is 0.209. The summed E-state index contributed by atoms with van der Waals surface area (Å²) in [6.07, 6.45) is 0.413. The van der Waals surface area contributed by atoms with Crippen LogP contribution >= 0.6 is 0 Å². The van der Waals surface area contributed by atoms with Gasteiger partial charge in [-0.15, -0.1) is 0 Å². The molecule has 0 spiro atoms. The summed E-state index contributed by atoms with van der Waals surface area (Å²) in [4.78, 5) is 51.6. The average Bonchev–Trinajstić information content (AvgIpc) is 2.92. The van der Waals surface area contributed by atoms with Gasteiger partial charge in [0.2, 0.25) is 11.7 Å². The zero-order valence-electron chi connectivity index (χ0n) is 23.1. The SMILES string of the molecule is CCC(NC(=O)[C@@]([Si])(CC(C)C)NC(=O)NCc1ccccc1)C(=O)C(=O)NCc1ccc(OC)cc1OC. The number of hydrogen-bond acceptors (Lipinski definition) is 6. The predicted molar refractivity (Wildman–Crippen MR) is 148 cm³/mol. The van der Waals surface area contributed by atoms with Crippen LogP contribution in [-0.4, -0.2) is 59.3 Å². The Balaban J connectivity index is 2.04. The minimum Gasteiger partial charge on any atom is -0.497 e. The van der Waals surface area contributed by atoms with E-state index in [1.54, 1.807) is 25.1 Å². The molecular formula is C28H37N4O6Si. The van der Waals surface area contributed by atoms with E-state index in [1.807, 2.05) is 44.2 Å². The molecule has 0 saturated carbocycles. The van der Waals surface area contributed by atoms with Gasteiger partial charge in [-0.05, 0) is 36.5 Å². The van der Waals surface area contributed by atoms with Gasteiger partial charge >= 0.3 is 6.03 Å². The molecule has 0 bridgehead atoms. The Morgan fingerprint density at radius 3 is 2.23 bits per heavy atom. The first-order valence-corrected chi connectivity index (χ1v) is 13.2. The molecule has 11 heteroatoms. The molecule has 0 aromatic heterocycles. The van der Waals surface area contributed by atoms with Crippen molar-refractivity contribution in [2.24, 2.45) is 5.92 Å². The number of carbonyl (C=O) groups is 4. The Bertz CT molecular complexity index is 1140. The van der Waals surface area contributed by atoms with E-state index < -0.39 is 34.8 Å². The number of urea groups is 1. The fourth-order valence-electron chi connectivity index (χ4n) is 3.88. The Morgan fingerprint density at radius 1 is 0.949 bits per heavy atom. The van der Waals surface area contributed by atoms with Crippen molar-refractivity contribution in [3.05, 3.63) is 59.7 Å². The van der Waals surface area contributed by atoms with Crippen LogP contribution in [0.25, 0.3) is 0 Å². The molecule has 10 nitrogen and oxygen atoms in total. The largest absolute Gasteiger partial charge is 0.497 e. The van der Waals surface area contributed by atoms with E-state index in [0.29, 0.717) is 17.1 Å². The van der Waals surface area contributed by atoms with E-state index in [2.05, 4.69) is 31.5 Å². The minimum atomic E-state index is -1.50. The first-order chi connectivity index (χ1) is 18.5. The van der Waals surface area contributed by atoms with Gasteiger partial charge in [-0.2, -0.15) is 0 Å². The highest BCUT2D eigenvalue weighted by atomic mass is 28.1. The number of benzene rings is 2. The Morgan fingerprint density at radius 2 is 1.64 bits per heavy atom. The smallest absolute Gasteiger partial charge is 0.315 e. The fourth-order valence-corrected chi connectivity index (χ4v) is 4.48. The van der Waals surface area contributed by atoms with Gasteiger partial charge in [-0.25, -0.2) is 4.79 Å². The van der Waals surface area contributed by atoms with Crippen molar-refractivity contribution in [2.45, 2.75) is 57.9 Å². The van der Waals surface area contributed by atoms with Crippen LogP contribution in [0.15, 0.2) is 48.5 Å². The first-order valence-electron chi connectivity index (χ1n) is 12.7. The van der Waals surface area contributed by atoms with Crippen LogP contribution in [0, 0.1) is 5.92 Å². The Hall–Kier alpha value is -3.86. The van der Waals surface area contributed by atoms with Gasteiger partial charge in [0.25, 0.3) is 5.91 Å². The third kappa shape index (κ3) is 9.43. The molecule has 39 heavy (non-hydrogen) atoms. The molecule has 0 aliphatic heterocycles. The monoisotopic (exact) mass is 553 g/mol. The first kappa shape index (κ1) is 31.4. The fraction of sp³-hybridized carbons (Fsp3) is 0.429. The minimum absolute atomic E-state index is 0.0150. The standard InChI is InChI=1S/C28H37N4O6Si/c1-6-22(24(33)25(34)29-17-20-12-13-21(37-4)14-23(20)38-5)31-26(35)28(39,15-18(2)3)32-27(36)30-16-19-10-8-7-9-11-19/h7-14,18,22H,6,15-17H2,1-5H3,(H,29,34)(H,31,35)(H2,30,32,36)/t22?,28-/m0/s1. The van der Waals surface area contributed by atoms with Crippen LogP contribution in [0.4, 0.5) is 4.79 Å². The molecule has 2 aromatic carbocycles. The molecule has 0 aliphatic carbocycles. The second kappa shape index (κ2) is 14.9. The third-order valence-electron chi connectivity index (χ3n) is 5.91. The predicted octanol–water partition coefficient (Wildman–Crippen LogP) is 2.19. The molecule has 0 fully saturated rings. The van der Waals surface area contributed by atoms with E-state index >= 15 is 0 Å². The molecular weight excluding hydrogens is 516 g/mol. The highest BCUT2D eigenvalue weighted by Gasteiger charge is 2.38. The lowest BCUT2D eigenvalue weighted by Crippen LogP contribution is -2.64. The van der Waals surface area contributed by atoms with Crippen LogP contribution in [0.1, 0.15) is 44.7 Å². The summed E-state index contributed by atoms with van der Waals surface area (Å²) in [6.45, 7) is 5.79.